The van der Waals surface area contributed by atoms with E-state index in [2.05, 4.69) is 4.74 Å². The van der Waals surface area contributed by atoms with Gasteiger partial charge in [0.15, 0.2) is 4.21 Å². The van der Waals surface area contributed by atoms with E-state index in [0.717, 1.165) is 37.0 Å². The van der Waals surface area contributed by atoms with Gasteiger partial charge < -0.3 is 9.47 Å². The van der Waals surface area contributed by atoms with E-state index in [1.165, 1.54) is 25.4 Å². The monoisotopic (exact) mass is 375 g/mol. The molecule has 1 aromatic rings. The van der Waals surface area contributed by atoms with Gasteiger partial charge in [-0.3, -0.25) is 0 Å². The molecule has 0 aliphatic carbocycles. The summed E-state index contributed by atoms with van der Waals surface area (Å²) >= 11 is 0.765. The van der Waals surface area contributed by atoms with Crippen molar-refractivity contribution >= 4 is 33.3 Å². The summed E-state index contributed by atoms with van der Waals surface area (Å²) in [6.07, 6.45) is 3.52. The summed E-state index contributed by atoms with van der Waals surface area (Å²) in [4.78, 5) is 24.1. The van der Waals surface area contributed by atoms with Crippen molar-refractivity contribution in [2.75, 3.05) is 27.3 Å². The highest BCUT2D eigenvalue weighted by molar-refractivity contribution is 7.91. The molecule has 0 saturated carbocycles. The highest BCUT2D eigenvalue weighted by atomic mass is 32.2. The summed E-state index contributed by atoms with van der Waals surface area (Å²) in [5.74, 6) is -1.44. The van der Waals surface area contributed by atoms with Crippen LogP contribution in [-0.4, -0.2) is 52.0 Å². The Labute approximate surface area is 145 Å². The molecule has 0 aromatic carbocycles. The molecule has 1 aromatic heterocycles. The van der Waals surface area contributed by atoms with E-state index in [-0.39, 0.29) is 20.2 Å². The molecule has 7 nitrogen and oxygen atoms in total. The minimum Gasteiger partial charge on any atom is -0.465 e. The van der Waals surface area contributed by atoms with Gasteiger partial charge in [0.05, 0.1) is 19.8 Å². The van der Waals surface area contributed by atoms with Crippen LogP contribution in [0.3, 0.4) is 0 Å². The zero-order valence-corrected chi connectivity index (χ0v) is 15.6. The molecule has 134 valence electrons. The van der Waals surface area contributed by atoms with Gasteiger partial charge in [-0.15, -0.1) is 11.3 Å². The van der Waals surface area contributed by atoms with E-state index in [9.17, 15) is 18.0 Å². The Morgan fingerprint density at radius 2 is 1.54 bits per heavy atom. The lowest BCUT2D eigenvalue weighted by Gasteiger charge is -2.19. The molecule has 2 rings (SSSR count). The highest BCUT2D eigenvalue weighted by Crippen LogP contribution is 2.35. The van der Waals surface area contributed by atoms with Crippen molar-refractivity contribution in [1.29, 1.82) is 0 Å². The van der Waals surface area contributed by atoms with E-state index in [1.54, 1.807) is 0 Å². The lowest BCUT2D eigenvalue weighted by atomic mass is 10.2. The van der Waals surface area contributed by atoms with Crippen LogP contribution in [0, 0.1) is 6.92 Å². The summed E-state index contributed by atoms with van der Waals surface area (Å²) in [6, 6.07) is 0. The molecule has 0 radical (unpaired) electrons. The highest BCUT2D eigenvalue weighted by Gasteiger charge is 2.36. The first-order valence-electron chi connectivity index (χ1n) is 7.64. The Kier molecular flexibility index (Phi) is 6.00. The van der Waals surface area contributed by atoms with Crippen molar-refractivity contribution in [3.05, 3.63) is 16.0 Å². The summed E-state index contributed by atoms with van der Waals surface area (Å²) in [7, 11) is -1.48. The van der Waals surface area contributed by atoms with Crippen LogP contribution in [-0.2, 0) is 19.5 Å². The number of thiophene rings is 1. The number of hydrogen-bond donors (Lipinski definition) is 0. The zero-order valence-electron chi connectivity index (χ0n) is 14.0. The SMILES string of the molecule is COC(=O)c1sc(S(=O)(=O)N2CCCCCC2)c(C(=O)OC)c1C. The van der Waals surface area contributed by atoms with Crippen molar-refractivity contribution in [2.45, 2.75) is 36.8 Å². The van der Waals surface area contributed by atoms with E-state index < -0.39 is 22.0 Å². The normalized spacial score (nSPS) is 16.5. The fourth-order valence-electron chi connectivity index (χ4n) is 2.69. The van der Waals surface area contributed by atoms with Gasteiger partial charge in [0.2, 0.25) is 0 Å². The topological polar surface area (TPSA) is 90.0 Å². The second-order valence-corrected chi connectivity index (χ2v) is 8.67. The van der Waals surface area contributed by atoms with Crippen LogP contribution in [0.2, 0.25) is 0 Å². The minimum atomic E-state index is -3.87. The molecule has 1 fully saturated rings. The number of nitrogens with zero attached hydrogens (tertiary/aromatic N) is 1. The Morgan fingerprint density at radius 1 is 1.00 bits per heavy atom. The fourth-order valence-corrected chi connectivity index (χ4v) is 6.09. The quantitative estimate of drug-likeness (QED) is 0.750. The molecule has 1 aliphatic heterocycles. The van der Waals surface area contributed by atoms with E-state index in [1.807, 2.05) is 0 Å². The van der Waals surface area contributed by atoms with Crippen molar-refractivity contribution < 1.29 is 27.5 Å². The fraction of sp³-hybridized carbons (Fsp3) is 0.600. The van der Waals surface area contributed by atoms with Crippen LogP contribution in [0.15, 0.2) is 4.21 Å². The predicted octanol–water partition coefficient (Wildman–Crippen LogP) is 2.19. The average molecular weight is 375 g/mol. The third kappa shape index (κ3) is 3.47. The average Bonchev–Trinajstić information content (AvgIpc) is 2.76. The van der Waals surface area contributed by atoms with E-state index >= 15 is 0 Å². The molecule has 0 spiro atoms. The molecular weight excluding hydrogens is 354 g/mol. The van der Waals surface area contributed by atoms with Gasteiger partial charge in [0.25, 0.3) is 10.0 Å². The first-order valence-corrected chi connectivity index (χ1v) is 9.90. The molecule has 24 heavy (non-hydrogen) atoms. The lowest BCUT2D eigenvalue weighted by molar-refractivity contribution is 0.0596. The third-order valence-corrected chi connectivity index (χ3v) is 7.68. The molecule has 0 atom stereocenters. The maximum Gasteiger partial charge on any atom is 0.348 e. The van der Waals surface area contributed by atoms with Gasteiger partial charge in [0.1, 0.15) is 4.88 Å². The van der Waals surface area contributed by atoms with Gasteiger partial charge >= 0.3 is 11.9 Å². The number of sulfonamides is 1. The van der Waals surface area contributed by atoms with Crippen LogP contribution < -0.4 is 0 Å². The minimum absolute atomic E-state index is 0.0767. The van der Waals surface area contributed by atoms with Crippen LogP contribution in [0.4, 0.5) is 0 Å². The Hall–Kier alpha value is -1.45. The van der Waals surface area contributed by atoms with Crippen molar-refractivity contribution in [1.82, 2.24) is 4.31 Å². The number of carbonyl (C=O) groups is 2. The summed E-state index contributed by atoms with van der Waals surface area (Å²) in [6.45, 7) is 2.34. The molecule has 0 N–H and O–H groups in total. The molecule has 0 unspecified atom stereocenters. The molecule has 9 heteroatoms. The number of methoxy groups -OCH3 is 2. The van der Waals surface area contributed by atoms with E-state index in [0.29, 0.717) is 13.1 Å². The van der Waals surface area contributed by atoms with Gasteiger partial charge in [-0.1, -0.05) is 12.8 Å². The standard InChI is InChI=1S/C15H21NO6S2/c1-10-11(13(17)21-2)15(23-12(10)14(18)22-3)24(19,20)16-8-6-4-5-7-9-16/h4-9H2,1-3H3. The number of rotatable bonds is 4. The molecule has 1 saturated heterocycles. The third-order valence-electron chi connectivity index (χ3n) is 4.01. The largest absolute Gasteiger partial charge is 0.465 e. The molecule has 1 aliphatic rings. The number of ether oxygens (including phenoxy) is 2. The maximum atomic E-state index is 13.0. The number of esters is 2. The van der Waals surface area contributed by atoms with Gasteiger partial charge in [-0.25, -0.2) is 18.0 Å². The summed E-state index contributed by atoms with van der Waals surface area (Å²) < 4.78 is 36.7. The number of hydrogen-bond acceptors (Lipinski definition) is 7. The Bertz CT molecular complexity index is 729. The molecular formula is C15H21NO6S2. The molecule has 0 bridgehead atoms. The Balaban J connectivity index is 2.58. The van der Waals surface area contributed by atoms with Crippen molar-refractivity contribution in [2.24, 2.45) is 0 Å². The van der Waals surface area contributed by atoms with Crippen LogP contribution in [0.5, 0.6) is 0 Å². The second kappa shape index (κ2) is 7.62. The van der Waals surface area contributed by atoms with Crippen molar-refractivity contribution in [3.8, 4) is 0 Å². The first kappa shape index (κ1) is 18.9. The summed E-state index contributed by atoms with van der Waals surface area (Å²) in [5, 5.41) is 0. The van der Waals surface area contributed by atoms with Crippen LogP contribution >= 0.6 is 11.3 Å². The van der Waals surface area contributed by atoms with Gasteiger partial charge in [-0.05, 0) is 25.3 Å². The van der Waals surface area contributed by atoms with Crippen LogP contribution in [0.25, 0.3) is 0 Å². The van der Waals surface area contributed by atoms with Crippen molar-refractivity contribution in [3.63, 3.8) is 0 Å². The molecule has 0 amide bonds. The number of carbonyl (C=O) groups excluding carboxylic acids is 2. The zero-order chi connectivity index (χ0) is 17.9. The lowest BCUT2D eigenvalue weighted by Crippen LogP contribution is -2.32. The smallest absolute Gasteiger partial charge is 0.348 e. The Morgan fingerprint density at radius 3 is 2.04 bits per heavy atom. The van der Waals surface area contributed by atoms with Gasteiger partial charge in [-0.2, -0.15) is 4.31 Å². The molecule has 2 heterocycles. The van der Waals surface area contributed by atoms with Gasteiger partial charge in [0, 0.05) is 13.1 Å². The van der Waals surface area contributed by atoms with Crippen LogP contribution in [0.1, 0.15) is 51.3 Å². The predicted molar refractivity (Wildman–Crippen MR) is 89.0 cm³/mol. The van der Waals surface area contributed by atoms with E-state index in [4.69, 9.17) is 4.74 Å². The maximum absolute atomic E-state index is 13.0. The second-order valence-electron chi connectivity index (χ2n) is 5.52. The summed E-state index contributed by atoms with van der Waals surface area (Å²) in [5.41, 5.74) is 0.194. The first-order chi connectivity index (χ1) is 11.3.